The number of nitrogens with one attached hydrogen (secondary N) is 1. The van der Waals surface area contributed by atoms with Crippen LogP contribution in [0.25, 0.3) is 0 Å². The summed E-state index contributed by atoms with van der Waals surface area (Å²) in [6.07, 6.45) is 6.03. The zero-order valence-corrected chi connectivity index (χ0v) is 18.8. The second-order valence-corrected chi connectivity index (χ2v) is 8.41. The van der Waals surface area contributed by atoms with Crippen LogP contribution in [-0.2, 0) is 16.1 Å². The smallest absolute Gasteiger partial charge is 0.244 e. The molecule has 1 saturated heterocycles. The molecule has 1 aliphatic rings. The van der Waals surface area contributed by atoms with Crippen LogP contribution < -0.4 is 5.32 Å². The Morgan fingerprint density at radius 3 is 2.53 bits per heavy atom. The number of ketones is 1. The van der Waals surface area contributed by atoms with Crippen LogP contribution >= 0.6 is 0 Å². The summed E-state index contributed by atoms with van der Waals surface area (Å²) in [6.45, 7) is 0.682. The Morgan fingerprint density at radius 2 is 1.76 bits per heavy atom. The third-order valence-electron chi connectivity index (χ3n) is 5.97. The summed E-state index contributed by atoms with van der Waals surface area (Å²) in [5.74, 6) is -0.756. The van der Waals surface area contributed by atoms with Gasteiger partial charge in [-0.1, -0.05) is 42.5 Å². The summed E-state index contributed by atoms with van der Waals surface area (Å²) >= 11 is 0. The van der Waals surface area contributed by atoms with E-state index in [1.807, 2.05) is 11.0 Å². The number of carbonyl (C=O) groups excluding carboxylic acids is 3. The molecular weight excluding hydrogens is 435 g/mol. The number of aromatic nitrogens is 2. The summed E-state index contributed by atoms with van der Waals surface area (Å²) in [5.41, 5.74) is 1.98. The summed E-state index contributed by atoms with van der Waals surface area (Å²) in [5, 5.41) is 6.92. The molecular formula is C26H27FN4O3. The van der Waals surface area contributed by atoms with Gasteiger partial charge in [0.25, 0.3) is 0 Å². The maximum absolute atomic E-state index is 13.3. The van der Waals surface area contributed by atoms with Crippen molar-refractivity contribution in [1.82, 2.24) is 14.7 Å². The standard InChI is InChI=1S/C26H27FN4O3/c27-21-11-9-19(10-12-21)23-8-4-5-15-31(23)26(34)18-30-17-22(16-28-30)29-25(33)14-13-24(32)20-6-2-1-3-7-20/h1-3,6-7,9-12,16-17,23H,4-5,8,13-15,18H2,(H,29,33). The minimum atomic E-state index is -0.298. The van der Waals surface area contributed by atoms with Crippen molar-refractivity contribution in [3.63, 3.8) is 0 Å². The number of Topliss-reactive ketones (excluding diaryl/α,β-unsaturated/α-hetero) is 1. The summed E-state index contributed by atoms with van der Waals surface area (Å²) in [6, 6.07) is 15.1. The first kappa shape index (κ1) is 23.4. The first-order valence-electron chi connectivity index (χ1n) is 11.4. The molecule has 1 N–H and O–H groups in total. The minimum absolute atomic E-state index is 0.0417. The number of halogens is 1. The number of hydrogen-bond donors (Lipinski definition) is 1. The molecule has 3 aromatic rings. The number of hydrogen-bond acceptors (Lipinski definition) is 4. The molecule has 1 fully saturated rings. The highest BCUT2D eigenvalue weighted by molar-refractivity contribution is 5.99. The molecule has 1 unspecified atom stereocenters. The Balaban J connectivity index is 1.31. The van der Waals surface area contributed by atoms with Gasteiger partial charge in [0.2, 0.25) is 11.8 Å². The van der Waals surface area contributed by atoms with Gasteiger partial charge in [-0.3, -0.25) is 19.1 Å². The van der Waals surface area contributed by atoms with Crippen LogP contribution in [0.4, 0.5) is 10.1 Å². The fourth-order valence-electron chi connectivity index (χ4n) is 4.22. The largest absolute Gasteiger partial charge is 0.334 e. The second-order valence-electron chi connectivity index (χ2n) is 8.41. The van der Waals surface area contributed by atoms with Gasteiger partial charge in [0, 0.05) is 31.1 Å². The van der Waals surface area contributed by atoms with Crippen molar-refractivity contribution < 1.29 is 18.8 Å². The molecule has 2 amide bonds. The van der Waals surface area contributed by atoms with E-state index >= 15 is 0 Å². The number of likely N-dealkylation sites (tertiary alicyclic amines) is 1. The second kappa shape index (κ2) is 10.9. The van der Waals surface area contributed by atoms with Crippen molar-refractivity contribution in [2.24, 2.45) is 0 Å². The maximum atomic E-state index is 13.3. The fraction of sp³-hybridized carbons (Fsp3) is 0.308. The van der Waals surface area contributed by atoms with Crippen molar-refractivity contribution in [2.75, 3.05) is 11.9 Å². The summed E-state index contributed by atoms with van der Waals surface area (Å²) in [4.78, 5) is 39.3. The lowest BCUT2D eigenvalue weighted by Gasteiger charge is -2.36. The summed E-state index contributed by atoms with van der Waals surface area (Å²) < 4.78 is 14.8. The molecule has 0 aliphatic carbocycles. The molecule has 0 spiro atoms. The highest BCUT2D eigenvalue weighted by atomic mass is 19.1. The molecule has 0 saturated carbocycles. The Labute approximate surface area is 197 Å². The highest BCUT2D eigenvalue weighted by Gasteiger charge is 2.28. The van der Waals surface area contributed by atoms with Crippen molar-refractivity contribution >= 4 is 23.3 Å². The predicted octanol–water partition coefficient (Wildman–Crippen LogP) is 4.38. The monoisotopic (exact) mass is 462 g/mol. The van der Waals surface area contributed by atoms with Crippen LogP contribution in [0, 0.1) is 5.82 Å². The molecule has 34 heavy (non-hydrogen) atoms. The van der Waals surface area contributed by atoms with E-state index < -0.39 is 0 Å². The minimum Gasteiger partial charge on any atom is -0.334 e. The van der Waals surface area contributed by atoms with E-state index in [9.17, 15) is 18.8 Å². The fourth-order valence-corrected chi connectivity index (χ4v) is 4.22. The molecule has 1 aliphatic heterocycles. The number of piperidine rings is 1. The van der Waals surface area contributed by atoms with Gasteiger partial charge in [-0.25, -0.2) is 4.39 Å². The van der Waals surface area contributed by atoms with E-state index in [1.165, 1.54) is 23.0 Å². The van der Waals surface area contributed by atoms with Gasteiger partial charge in [0.1, 0.15) is 12.4 Å². The molecule has 0 bridgehead atoms. The average Bonchev–Trinajstić information content (AvgIpc) is 3.30. The van der Waals surface area contributed by atoms with Crippen molar-refractivity contribution in [3.8, 4) is 0 Å². The quantitative estimate of drug-likeness (QED) is 0.504. The molecule has 1 atom stereocenters. The van der Waals surface area contributed by atoms with Crippen LogP contribution in [-0.4, -0.2) is 38.8 Å². The van der Waals surface area contributed by atoms with Gasteiger partial charge in [0.15, 0.2) is 5.78 Å². The van der Waals surface area contributed by atoms with Crippen LogP contribution in [0.3, 0.4) is 0 Å². The number of rotatable bonds is 8. The van der Waals surface area contributed by atoms with E-state index in [0.29, 0.717) is 17.8 Å². The number of anilines is 1. The van der Waals surface area contributed by atoms with Crippen LogP contribution in [0.5, 0.6) is 0 Å². The Kier molecular flexibility index (Phi) is 7.47. The van der Waals surface area contributed by atoms with Crippen LogP contribution in [0.2, 0.25) is 0 Å². The third kappa shape index (κ3) is 5.95. The third-order valence-corrected chi connectivity index (χ3v) is 5.97. The van der Waals surface area contributed by atoms with Crippen molar-refractivity contribution in [1.29, 1.82) is 0 Å². The SMILES string of the molecule is O=C(CCC(=O)c1ccccc1)Nc1cnn(CC(=O)N2CCCCC2c2ccc(F)cc2)c1. The topological polar surface area (TPSA) is 84.3 Å². The normalized spacial score (nSPS) is 15.7. The van der Waals surface area contributed by atoms with Gasteiger partial charge >= 0.3 is 0 Å². The molecule has 7 nitrogen and oxygen atoms in total. The van der Waals surface area contributed by atoms with Crippen LogP contribution in [0.15, 0.2) is 67.0 Å². The van der Waals surface area contributed by atoms with E-state index in [1.54, 1.807) is 42.6 Å². The van der Waals surface area contributed by atoms with Crippen molar-refractivity contribution in [3.05, 3.63) is 83.9 Å². The Hall–Kier alpha value is -3.81. The van der Waals surface area contributed by atoms with Crippen molar-refractivity contribution in [2.45, 2.75) is 44.7 Å². The maximum Gasteiger partial charge on any atom is 0.244 e. The molecule has 0 radical (unpaired) electrons. The van der Waals surface area contributed by atoms with Gasteiger partial charge in [0.05, 0.1) is 17.9 Å². The van der Waals surface area contributed by atoms with Gasteiger partial charge in [-0.2, -0.15) is 5.10 Å². The van der Waals surface area contributed by atoms with E-state index in [-0.39, 0.29) is 48.8 Å². The molecule has 176 valence electrons. The lowest BCUT2D eigenvalue weighted by Crippen LogP contribution is -2.40. The van der Waals surface area contributed by atoms with Crippen LogP contribution in [0.1, 0.15) is 54.1 Å². The lowest BCUT2D eigenvalue weighted by atomic mass is 9.95. The first-order chi connectivity index (χ1) is 16.5. The van der Waals surface area contributed by atoms with Gasteiger partial charge < -0.3 is 10.2 Å². The predicted molar refractivity (Wildman–Crippen MR) is 126 cm³/mol. The number of nitrogens with zero attached hydrogens (tertiary/aromatic N) is 3. The first-order valence-corrected chi connectivity index (χ1v) is 11.4. The molecule has 2 heterocycles. The number of amides is 2. The zero-order chi connectivity index (χ0) is 23.9. The molecule has 1 aromatic heterocycles. The highest BCUT2D eigenvalue weighted by Crippen LogP contribution is 2.31. The summed E-state index contributed by atoms with van der Waals surface area (Å²) in [7, 11) is 0. The molecule has 2 aromatic carbocycles. The zero-order valence-electron chi connectivity index (χ0n) is 18.8. The Bertz CT molecular complexity index is 1140. The van der Waals surface area contributed by atoms with E-state index in [0.717, 1.165) is 24.8 Å². The van der Waals surface area contributed by atoms with E-state index in [2.05, 4.69) is 10.4 Å². The molecule has 8 heteroatoms. The number of carbonyl (C=O) groups is 3. The Morgan fingerprint density at radius 1 is 1.00 bits per heavy atom. The molecule has 4 rings (SSSR count). The average molecular weight is 463 g/mol. The van der Waals surface area contributed by atoms with Gasteiger partial charge in [-0.05, 0) is 37.0 Å². The lowest BCUT2D eigenvalue weighted by molar-refractivity contribution is -0.136. The number of benzene rings is 2. The van der Waals surface area contributed by atoms with E-state index in [4.69, 9.17) is 0 Å². The van der Waals surface area contributed by atoms with Gasteiger partial charge in [-0.15, -0.1) is 0 Å².